The second-order valence-corrected chi connectivity index (χ2v) is 4.40. The molecule has 0 fully saturated rings. The van der Waals surface area contributed by atoms with E-state index in [-0.39, 0.29) is 18.8 Å². The van der Waals surface area contributed by atoms with Crippen molar-refractivity contribution in [3.05, 3.63) is 29.8 Å². The molecule has 0 saturated carbocycles. The molecule has 0 radical (unpaired) electrons. The standard InChI is InChI=1S/C15H20O4/c1-2-3-4-5-14(16)12-6-8-13(9-7-12)19-11-10-15(17)18/h6-9H,2-5,10-11H2,1H3,(H,17,18). The number of unbranched alkanes of at least 4 members (excludes halogenated alkanes) is 2. The number of benzene rings is 1. The molecule has 0 unspecified atom stereocenters. The predicted molar refractivity (Wildman–Crippen MR) is 72.7 cm³/mol. The minimum absolute atomic E-state index is 0.0301. The van der Waals surface area contributed by atoms with E-state index in [0.29, 0.717) is 17.7 Å². The van der Waals surface area contributed by atoms with Gasteiger partial charge in [0.2, 0.25) is 0 Å². The van der Waals surface area contributed by atoms with Crippen LogP contribution in [-0.4, -0.2) is 23.5 Å². The third kappa shape index (κ3) is 6.04. The number of Topliss-reactive ketones (excluding diaryl/α,β-unsaturated/α-hetero) is 1. The number of hydrogen-bond donors (Lipinski definition) is 1. The molecule has 0 heterocycles. The molecule has 1 aromatic rings. The molecule has 1 N–H and O–H groups in total. The minimum Gasteiger partial charge on any atom is -0.493 e. The normalized spacial score (nSPS) is 10.2. The first-order valence-electron chi connectivity index (χ1n) is 6.61. The van der Waals surface area contributed by atoms with Crippen LogP contribution >= 0.6 is 0 Å². The monoisotopic (exact) mass is 264 g/mol. The van der Waals surface area contributed by atoms with E-state index in [1.54, 1.807) is 24.3 Å². The van der Waals surface area contributed by atoms with Crippen molar-refractivity contribution < 1.29 is 19.4 Å². The summed E-state index contributed by atoms with van der Waals surface area (Å²) in [5, 5.41) is 8.49. The van der Waals surface area contributed by atoms with Gasteiger partial charge in [-0.3, -0.25) is 9.59 Å². The highest BCUT2D eigenvalue weighted by atomic mass is 16.5. The highest BCUT2D eigenvalue weighted by molar-refractivity contribution is 5.96. The number of hydrogen-bond acceptors (Lipinski definition) is 3. The van der Waals surface area contributed by atoms with Gasteiger partial charge in [0.25, 0.3) is 0 Å². The zero-order chi connectivity index (χ0) is 14.1. The SMILES string of the molecule is CCCCCC(=O)c1ccc(OCCC(=O)O)cc1. The van der Waals surface area contributed by atoms with Gasteiger partial charge in [0.1, 0.15) is 5.75 Å². The fraction of sp³-hybridized carbons (Fsp3) is 0.467. The average molecular weight is 264 g/mol. The Balaban J connectivity index is 2.42. The first-order valence-corrected chi connectivity index (χ1v) is 6.61. The molecule has 0 saturated heterocycles. The van der Waals surface area contributed by atoms with E-state index in [0.717, 1.165) is 19.3 Å². The third-order valence-electron chi connectivity index (χ3n) is 2.77. The van der Waals surface area contributed by atoms with Crippen molar-refractivity contribution >= 4 is 11.8 Å². The van der Waals surface area contributed by atoms with Gasteiger partial charge in [0, 0.05) is 12.0 Å². The maximum atomic E-state index is 11.8. The van der Waals surface area contributed by atoms with Gasteiger partial charge < -0.3 is 9.84 Å². The average Bonchev–Trinajstić information content (AvgIpc) is 2.39. The molecule has 0 aliphatic rings. The van der Waals surface area contributed by atoms with Crippen LogP contribution in [-0.2, 0) is 4.79 Å². The molecule has 0 amide bonds. The Hall–Kier alpha value is -1.84. The number of carbonyl (C=O) groups excluding carboxylic acids is 1. The Morgan fingerprint density at radius 1 is 1.11 bits per heavy atom. The lowest BCUT2D eigenvalue weighted by Crippen LogP contribution is -2.05. The molecule has 0 aromatic heterocycles. The Bertz CT molecular complexity index is 409. The largest absolute Gasteiger partial charge is 0.493 e. The molecule has 104 valence electrons. The fourth-order valence-electron chi connectivity index (χ4n) is 1.67. The molecule has 0 atom stereocenters. The van der Waals surface area contributed by atoms with E-state index in [1.807, 2.05) is 0 Å². The number of carbonyl (C=O) groups is 2. The smallest absolute Gasteiger partial charge is 0.306 e. The van der Waals surface area contributed by atoms with Crippen molar-refractivity contribution in [2.45, 2.75) is 39.0 Å². The van der Waals surface area contributed by atoms with Crippen molar-refractivity contribution in [1.29, 1.82) is 0 Å². The van der Waals surface area contributed by atoms with Crippen LogP contribution in [0.1, 0.15) is 49.4 Å². The first-order chi connectivity index (χ1) is 9.13. The van der Waals surface area contributed by atoms with E-state index < -0.39 is 5.97 Å². The molecule has 19 heavy (non-hydrogen) atoms. The summed E-state index contributed by atoms with van der Waals surface area (Å²) in [6.07, 6.45) is 3.64. The number of ketones is 1. The van der Waals surface area contributed by atoms with E-state index in [4.69, 9.17) is 9.84 Å². The Kier molecular flexibility index (Phi) is 6.64. The van der Waals surface area contributed by atoms with Gasteiger partial charge >= 0.3 is 5.97 Å². The first kappa shape index (κ1) is 15.2. The summed E-state index contributed by atoms with van der Waals surface area (Å²) in [5.41, 5.74) is 0.682. The zero-order valence-corrected chi connectivity index (χ0v) is 11.2. The number of rotatable bonds is 9. The number of carboxylic acids is 1. The Morgan fingerprint density at radius 3 is 2.37 bits per heavy atom. The molecule has 0 aliphatic carbocycles. The van der Waals surface area contributed by atoms with Gasteiger partial charge in [0.15, 0.2) is 5.78 Å². The second-order valence-electron chi connectivity index (χ2n) is 4.40. The summed E-state index contributed by atoms with van der Waals surface area (Å²) in [7, 11) is 0. The van der Waals surface area contributed by atoms with Gasteiger partial charge in [-0.2, -0.15) is 0 Å². The van der Waals surface area contributed by atoms with E-state index in [2.05, 4.69) is 6.92 Å². The molecule has 4 nitrogen and oxygen atoms in total. The number of ether oxygens (including phenoxy) is 1. The van der Waals surface area contributed by atoms with Crippen molar-refractivity contribution in [2.24, 2.45) is 0 Å². The predicted octanol–water partition coefficient (Wildman–Crippen LogP) is 3.30. The van der Waals surface area contributed by atoms with Crippen LogP contribution in [0.15, 0.2) is 24.3 Å². The van der Waals surface area contributed by atoms with Gasteiger partial charge in [0.05, 0.1) is 13.0 Å². The fourth-order valence-corrected chi connectivity index (χ4v) is 1.67. The molecule has 0 aliphatic heterocycles. The van der Waals surface area contributed by atoms with Gasteiger partial charge in [-0.15, -0.1) is 0 Å². The number of aliphatic carboxylic acids is 1. The van der Waals surface area contributed by atoms with Crippen LogP contribution in [0, 0.1) is 0 Å². The highest BCUT2D eigenvalue weighted by Gasteiger charge is 2.05. The van der Waals surface area contributed by atoms with Crippen molar-refractivity contribution in [3.8, 4) is 5.75 Å². The lowest BCUT2D eigenvalue weighted by Gasteiger charge is -2.05. The van der Waals surface area contributed by atoms with Crippen LogP contribution in [0.5, 0.6) is 5.75 Å². The maximum absolute atomic E-state index is 11.8. The minimum atomic E-state index is -0.886. The number of carboxylic acid groups (broad SMARTS) is 1. The van der Waals surface area contributed by atoms with Crippen LogP contribution in [0.2, 0.25) is 0 Å². The third-order valence-corrected chi connectivity index (χ3v) is 2.77. The molecule has 1 rings (SSSR count). The summed E-state index contributed by atoms with van der Waals surface area (Å²) in [5.74, 6) is -0.153. The van der Waals surface area contributed by atoms with E-state index in [9.17, 15) is 9.59 Å². The molecule has 0 spiro atoms. The lowest BCUT2D eigenvalue weighted by molar-refractivity contribution is -0.137. The molecular formula is C15H20O4. The van der Waals surface area contributed by atoms with Crippen LogP contribution in [0.3, 0.4) is 0 Å². The van der Waals surface area contributed by atoms with E-state index >= 15 is 0 Å². The van der Waals surface area contributed by atoms with Crippen molar-refractivity contribution in [2.75, 3.05) is 6.61 Å². The summed E-state index contributed by atoms with van der Waals surface area (Å²) in [4.78, 5) is 22.1. The summed E-state index contributed by atoms with van der Waals surface area (Å²) in [6.45, 7) is 2.24. The van der Waals surface area contributed by atoms with Gasteiger partial charge in [-0.25, -0.2) is 0 Å². The summed E-state index contributed by atoms with van der Waals surface area (Å²) < 4.78 is 5.26. The van der Waals surface area contributed by atoms with E-state index in [1.165, 1.54) is 0 Å². The topological polar surface area (TPSA) is 63.6 Å². The Morgan fingerprint density at radius 2 is 1.79 bits per heavy atom. The van der Waals surface area contributed by atoms with Crippen LogP contribution in [0.25, 0.3) is 0 Å². The molecule has 0 bridgehead atoms. The van der Waals surface area contributed by atoms with Crippen LogP contribution in [0.4, 0.5) is 0 Å². The molecule has 4 heteroatoms. The molecule has 1 aromatic carbocycles. The van der Waals surface area contributed by atoms with Crippen LogP contribution < -0.4 is 4.74 Å². The lowest BCUT2D eigenvalue weighted by atomic mass is 10.0. The second kappa shape index (κ2) is 8.29. The molecular weight excluding hydrogens is 244 g/mol. The quantitative estimate of drug-likeness (QED) is 0.549. The maximum Gasteiger partial charge on any atom is 0.306 e. The zero-order valence-electron chi connectivity index (χ0n) is 11.2. The highest BCUT2D eigenvalue weighted by Crippen LogP contribution is 2.15. The van der Waals surface area contributed by atoms with Gasteiger partial charge in [-0.05, 0) is 30.7 Å². The van der Waals surface area contributed by atoms with Crippen molar-refractivity contribution in [3.63, 3.8) is 0 Å². The summed E-state index contributed by atoms with van der Waals surface area (Å²) >= 11 is 0. The summed E-state index contributed by atoms with van der Waals surface area (Å²) in [6, 6.07) is 6.86. The van der Waals surface area contributed by atoms with Crippen molar-refractivity contribution in [1.82, 2.24) is 0 Å². The Labute approximate surface area is 113 Å². The van der Waals surface area contributed by atoms with Gasteiger partial charge in [-0.1, -0.05) is 19.8 Å².